The average Bonchev–Trinajstić information content (AvgIpc) is 2.95. The second-order valence-corrected chi connectivity index (χ2v) is 7.94. The fourth-order valence-electron chi connectivity index (χ4n) is 2.63. The molecular formula is C21H16INO4S. The third-order valence-electron chi connectivity index (χ3n) is 3.91. The molecule has 3 rings (SSSR count). The van der Waals surface area contributed by atoms with Gasteiger partial charge in [-0.3, -0.25) is 14.5 Å². The maximum atomic E-state index is 12.7. The van der Waals surface area contributed by atoms with E-state index < -0.39 is 0 Å². The Labute approximate surface area is 181 Å². The summed E-state index contributed by atoms with van der Waals surface area (Å²) in [5, 5.41) is -0.282. The van der Waals surface area contributed by atoms with Crippen LogP contribution in [0.3, 0.4) is 0 Å². The number of rotatable bonds is 6. The van der Waals surface area contributed by atoms with E-state index in [2.05, 4.69) is 28.5 Å². The van der Waals surface area contributed by atoms with Crippen LogP contribution in [0.2, 0.25) is 0 Å². The lowest BCUT2D eigenvalue weighted by Crippen LogP contribution is -2.27. The molecule has 1 aliphatic rings. The fraction of sp³-hybridized carbons (Fsp3) is 0.143. The zero-order chi connectivity index (χ0) is 20.1. The van der Waals surface area contributed by atoms with Crippen molar-refractivity contribution in [2.45, 2.75) is 6.54 Å². The smallest absolute Gasteiger partial charge is 0.293 e. The van der Waals surface area contributed by atoms with Gasteiger partial charge in [0, 0.05) is 0 Å². The highest BCUT2D eigenvalue weighted by Crippen LogP contribution is 2.37. The van der Waals surface area contributed by atoms with E-state index in [1.807, 2.05) is 36.4 Å². The van der Waals surface area contributed by atoms with E-state index in [4.69, 9.17) is 15.9 Å². The minimum absolute atomic E-state index is 0.129. The standard InChI is InChI=1S/C21H16INO4S/c1-3-9-27-19-16(22)10-15(11-17(19)26-2)12-18-20(24)23(21(25)28-18)13-14-7-5-4-6-8-14/h1,4-8,10-12H,9,13H2,2H3/b18-12-. The lowest BCUT2D eigenvalue weighted by atomic mass is 10.1. The number of methoxy groups -OCH3 is 1. The van der Waals surface area contributed by atoms with Crippen molar-refractivity contribution in [3.8, 4) is 23.8 Å². The molecule has 0 unspecified atom stereocenters. The van der Waals surface area contributed by atoms with Gasteiger partial charge in [-0.15, -0.1) is 6.42 Å². The first kappa shape index (κ1) is 20.3. The van der Waals surface area contributed by atoms with Gasteiger partial charge < -0.3 is 9.47 Å². The fourth-order valence-corrected chi connectivity index (χ4v) is 4.25. The molecule has 142 valence electrons. The monoisotopic (exact) mass is 505 g/mol. The van der Waals surface area contributed by atoms with Crippen LogP contribution < -0.4 is 9.47 Å². The second-order valence-electron chi connectivity index (χ2n) is 5.78. The molecule has 7 heteroatoms. The quantitative estimate of drug-likeness (QED) is 0.328. The Bertz CT molecular complexity index is 982. The molecule has 0 bridgehead atoms. The molecule has 0 radical (unpaired) electrons. The Morgan fingerprint density at radius 1 is 1.25 bits per heavy atom. The van der Waals surface area contributed by atoms with Crippen molar-refractivity contribution in [3.63, 3.8) is 0 Å². The van der Waals surface area contributed by atoms with Crippen molar-refractivity contribution in [1.29, 1.82) is 0 Å². The molecule has 0 aromatic heterocycles. The first-order chi connectivity index (χ1) is 13.5. The Morgan fingerprint density at radius 2 is 2.00 bits per heavy atom. The lowest BCUT2D eigenvalue weighted by molar-refractivity contribution is -0.123. The summed E-state index contributed by atoms with van der Waals surface area (Å²) in [6, 6.07) is 13.0. The van der Waals surface area contributed by atoms with E-state index in [0.29, 0.717) is 16.4 Å². The van der Waals surface area contributed by atoms with E-state index in [-0.39, 0.29) is 24.3 Å². The maximum Gasteiger partial charge on any atom is 0.293 e. The number of thioether (sulfide) groups is 1. The number of carbonyl (C=O) groups excluding carboxylic acids is 2. The maximum absolute atomic E-state index is 12.7. The third kappa shape index (κ3) is 4.51. The Hall–Kier alpha value is -2.44. The molecule has 28 heavy (non-hydrogen) atoms. The van der Waals surface area contributed by atoms with Gasteiger partial charge in [-0.1, -0.05) is 36.3 Å². The van der Waals surface area contributed by atoms with Gasteiger partial charge in [-0.2, -0.15) is 0 Å². The van der Waals surface area contributed by atoms with Crippen molar-refractivity contribution in [2.24, 2.45) is 0 Å². The predicted octanol–water partition coefficient (Wildman–Crippen LogP) is 4.55. The van der Waals surface area contributed by atoms with Crippen molar-refractivity contribution >= 4 is 51.6 Å². The number of nitrogens with zero attached hydrogens (tertiary/aromatic N) is 1. The molecule has 0 spiro atoms. The summed E-state index contributed by atoms with van der Waals surface area (Å²) < 4.78 is 11.7. The van der Waals surface area contributed by atoms with Gasteiger partial charge in [0.25, 0.3) is 11.1 Å². The highest BCUT2D eigenvalue weighted by atomic mass is 127. The van der Waals surface area contributed by atoms with Gasteiger partial charge in [-0.05, 0) is 63.7 Å². The first-order valence-corrected chi connectivity index (χ1v) is 10.2. The van der Waals surface area contributed by atoms with Crippen LogP contribution in [0.1, 0.15) is 11.1 Å². The van der Waals surface area contributed by atoms with Gasteiger partial charge in [0.2, 0.25) is 0 Å². The topological polar surface area (TPSA) is 55.8 Å². The number of carbonyl (C=O) groups is 2. The second kappa shape index (κ2) is 9.17. The van der Waals surface area contributed by atoms with Crippen LogP contribution in [-0.2, 0) is 11.3 Å². The summed E-state index contributed by atoms with van der Waals surface area (Å²) in [4.78, 5) is 26.6. The summed E-state index contributed by atoms with van der Waals surface area (Å²) in [7, 11) is 1.53. The molecule has 0 atom stereocenters. The number of hydrogen-bond acceptors (Lipinski definition) is 5. The highest BCUT2D eigenvalue weighted by Gasteiger charge is 2.35. The molecule has 2 aromatic carbocycles. The van der Waals surface area contributed by atoms with Crippen LogP contribution >= 0.6 is 34.4 Å². The van der Waals surface area contributed by atoms with E-state index >= 15 is 0 Å². The van der Waals surface area contributed by atoms with Crippen molar-refractivity contribution in [2.75, 3.05) is 13.7 Å². The Balaban J connectivity index is 1.85. The van der Waals surface area contributed by atoms with Crippen LogP contribution in [0.4, 0.5) is 4.79 Å². The van der Waals surface area contributed by atoms with E-state index in [1.54, 1.807) is 12.1 Å². The Kier molecular flexibility index (Phi) is 6.65. The zero-order valence-electron chi connectivity index (χ0n) is 15.0. The molecule has 1 heterocycles. The lowest BCUT2D eigenvalue weighted by Gasteiger charge is -2.13. The van der Waals surface area contributed by atoms with Gasteiger partial charge in [0.05, 0.1) is 22.1 Å². The molecule has 5 nitrogen and oxygen atoms in total. The predicted molar refractivity (Wildman–Crippen MR) is 118 cm³/mol. The van der Waals surface area contributed by atoms with E-state index in [9.17, 15) is 9.59 Å². The molecule has 1 aliphatic heterocycles. The van der Waals surface area contributed by atoms with Gasteiger partial charge in [-0.25, -0.2) is 0 Å². The number of hydrogen-bond donors (Lipinski definition) is 0. The molecule has 0 N–H and O–H groups in total. The zero-order valence-corrected chi connectivity index (χ0v) is 18.0. The normalized spacial score (nSPS) is 15.0. The van der Waals surface area contributed by atoms with Gasteiger partial charge in [0.15, 0.2) is 11.5 Å². The Morgan fingerprint density at radius 3 is 2.68 bits per heavy atom. The SMILES string of the molecule is C#CCOc1c(I)cc(/C=C2\SC(=O)N(Cc3ccccc3)C2=O)cc1OC. The van der Waals surface area contributed by atoms with Crippen LogP contribution in [-0.4, -0.2) is 29.8 Å². The number of amides is 2. The van der Waals surface area contributed by atoms with Crippen molar-refractivity contribution < 1.29 is 19.1 Å². The summed E-state index contributed by atoms with van der Waals surface area (Å²) in [5.74, 6) is 3.18. The summed E-state index contributed by atoms with van der Waals surface area (Å²) in [6.45, 7) is 0.382. The number of halogens is 1. The summed E-state index contributed by atoms with van der Waals surface area (Å²) in [5.41, 5.74) is 1.64. The number of imide groups is 1. The van der Waals surface area contributed by atoms with Crippen LogP contribution in [0.5, 0.6) is 11.5 Å². The van der Waals surface area contributed by atoms with Gasteiger partial charge in [0.1, 0.15) is 6.61 Å². The summed E-state index contributed by atoms with van der Waals surface area (Å²) >= 11 is 3.05. The highest BCUT2D eigenvalue weighted by molar-refractivity contribution is 14.1. The van der Waals surface area contributed by atoms with Crippen LogP contribution in [0.25, 0.3) is 6.08 Å². The van der Waals surface area contributed by atoms with Crippen molar-refractivity contribution in [1.82, 2.24) is 4.90 Å². The van der Waals surface area contributed by atoms with Gasteiger partial charge >= 0.3 is 0 Å². The van der Waals surface area contributed by atoms with Crippen molar-refractivity contribution in [3.05, 3.63) is 62.1 Å². The number of benzene rings is 2. The van der Waals surface area contributed by atoms with E-state index in [0.717, 1.165) is 26.5 Å². The number of terminal acetylenes is 1. The molecule has 1 saturated heterocycles. The average molecular weight is 505 g/mol. The first-order valence-electron chi connectivity index (χ1n) is 8.26. The molecule has 0 saturated carbocycles. The number of ether oxygens (including phenoxy) is 2. The molecule has 1 fully saturated rings. The minimum Gasteiger partial charge on any atom is -0.493 e. The molecule has 2 amide bonds. The molecule has 2 aromatic rings. The largest absolute Gasteiger partial charge is 0.493 e. The van der Waals surface area contributed by atoms with Crippen LogP contribution in [0.15, 0.2) is 47.4 Å². The molecule has 0 aliphatic carbocycles. The minimum atomic E-state index is -0.305. The van der Waals surface area contributed by atoms with Crippen LogP contribution in [0, 0.1) is 15.9 Å². The third-order valence-corrected chi connectivity index (χ3v) is 5.62. The van der Waals surface area contributed by atoms with E-state index in [1.165, 1.54) is 12.0 Å². The summed E-state index contributed by atoms with van der Waals surface area (Å²) in [6.07, 6.45) is 6.93. The molecular weight excluding hydrogens is 489 g/mol.